The fourth-order valence-corrected chi connectivity index (χ4v) is 1.14. The van der Waals surface area contributed by atoms with Crippen LogP contribution < -0.4 is 0 Å². The number of rotatable bonds is 0. The third-order valence-electron chi connectivity index (χ3n) is 1.68. The number of hydrazine groups is 2. The summed E-state index contributed by atoms with van der Waals surface area (Å²) in [7, 11) is 0. The molecule has 0 atom stereocenters. The summed E-state index contributed by atoms with van der Waals surface area (Å²) in [5.74, 6) is -1.07. The van der Waals surface area contributed by atoms with Crippen LogP contribution in [0.2, 0.25) is 0 Å². The highest BCUT2D eigenvalue weighted by atomic mass is 16.2. The fourth-order valence-electron chi connectivity index (χ4n) is 1.14. The van der Waals surface area contributed by atoms with Crippen molar-refractivity contribution in [3.8, 4) is 0 Å². The van der Waals surface area contributed by atoms with Crippen molar-refractivity contribution in [3.63, 3.8) is 0 Å². The van der Waals surface area contributed by atoms with Crippen LogP contribution in [0.1, 0.15) is 20.8 Å². The van der Waals surface area contributed by atoms with E-state index in [-0.39, 0.29) is 11.8 Å². The van der Waals surface area contributed by atoms with Crippen molar-refractivity contribution < 1.29 is 14.4 Å². The van der Waals surface area contributed by atoms with Gasteiger partial charge in [0.2, 0.25) is 11.8 Å². The van der Waals surface area contributed by atoms with Crippen molar-refractivity contribution in [2.45, 2.75) is 20.8 Å². The maximum absolute atomic E-state index is 11.2. The number of amides is 3. The Morgan fingerprint density at radius 3 is 1.36 bits per heavy atom. The van der Waals surface area contributed by atoms with Crippen LogP contribution in [0.15, 0.2) is 12.4 Å². The van der Waals surface area contributed by atoms with Crippen molar-refractivity contribution in [3.05, 3.63) is 12.4 Å². The van der Waals surface area contributed by atoms with Gasteiger partial charge in [0.15, 0.2) is 0 Å². The SMILES string of the molecule is CC(=O)N1C=CN(C(C)=O)N1C(C)=O. The molecule has 0 saturated carbocycles. The minimum Gasteiger partial charge on any atom is -0.273 e. The molecule has 0 fully saturated rings. The van der Waals surface area contributed by atoms with E-state index in [1.54, 1.807) is 0 Å². The van der Waals surface area contributed by atoms with Gasteiger partial charge < -0.3 is 0 Å². The Hall–Kier alpha value is -1.85. The van der Waals surface area contributed by atoms with Crippen LogP contribution in [0.4, 0.5) is 0 Å². The van der Waals surface area contributed by atoms with Crippen LogP contribution >= 0.6 is 0 Å². The predicted octanol–water partition coefficient (Wildman–Crippen LogP) is -0.153. The lowest BCUT2D eigenvalue weighted by molar-refractivity contribution is -0.181. The van der Waals surface area contributed by atoms with Crippen LogP contribution in [0.25, 0.3) is 0 Å². The van der Waals surface area contributed by atoms with Crippen LogP contribution in [-0.4, -0.2) is 32.9 Å². The highest BCUT2D eigenvalue weighted by Gasteiger charge is 2.31. The van der Waals surface area contributed by atoms with E-state index in [1.807, 2.05) is 0 Å². The molecule has 0 aromatic rings. The molecule has 0 saturated heterocycles. The van der Waals surface area contributed by atoms with E-state index in [0.29, 0.717) is 0 Å². The molecule has 1 aliphatic heterocycles. The first kappa shape index (κ1) is 10.2. The van der Waals surface area contributed by atoms with Gasteiger partial charge in [0.1, 0.15) is 0 Å². The zero-order chi connectivity index (χ0) is 10.9. The summed E-state index contributed by atoms with van der Waals surface area (Å²) in [6.45, 7) is 3.90. The summed E-state index contributed by atoms with van der Waals surface area (Å²) in [5, 5.41) is 3.12. The number of nitrogens with zero attached hydrogens (tertiary/aromatic N) is 3. The zero-order valence-electron chi connectivity index (χ0n) is 8.22. The number of hydrogen-bond acceptors (Lipinski definition) is 3. The normalized spacial score (nSPS) is 14.9. The highest BCUT2D eigenvalue weighted by Crippen LogP contribution is 2.14. The first-order chi connectivity index (χ1) is 6.45. The molecule has 6 nitrogen and oxygen atoms in total. The Morgan fingerprint density at radius 1 is 0.786 bits per heavy atom. The topological polar surface area (TPSA) is 60.9 Å². The minimum atomic E-state index is -0.402. The van der Waals surface area contributed by atoms with Gasteiger partial charge in [-0.1, -0.05) is 0 Å². The van der Waals surface area contributed by atoms with Crippen molar-refractivity contribution in [1.82, 2.24) is 15.1 Å². The van der Waals surface area contributed by atoms with E-state index >= 15 is 0 Å². The van der Waals surface area contributed by atoms with E-state index in [0.717, 1.165) is 15.1 Å². The molecule has 1 rings (SSSR count). The summed E-state index contributed by atoms with van der Waals surface area (Å²) in [5.41, 5.74) is 0. The summed E-state index contributed by atoms with van der Waals surface area (Å²) in [6, 6.07) is 0. The molecule has 0 spiro atoms. The molecule has 0 aromatic carbocycles. The second-order valence-corrected chi connectivity index (χ2v) is 2.83. The average molecular weight is 197 g/mol. The van der Waals surface area contributed by atoms with Crippen molar-refractivity contribution in [2.75, 3.05) is 0 Å². The van der Waals surface area contributed by atoms with E-state index in [4.69, 9.17) is 0 Å². The average Bonchev–Trinajstić information content (AvgIpc) is 2.46. The second-order valence-electron chi connectivity index (χ2n) is 2.83. The third kappa shape index (κ3) is 1.59. The number of carbonyl (C=O) groups excluding carboxylic acids is 3. The molecule has 6 heteroatoms. The smallest absolute Gasteiger partial charge is 0.258 e. The van der Waals surface area contributed by atoms with Gasteiger partial charge in [-0.2, -0.15) is 0 Å². The molecule has 76 valence electrons. The third-order valence-corrected chi connectivity index (χ3v) is 1.68. The van der Waals surface area contributed by atoms with Crippen LogP contribution in [0, 0.1) is 0 Å². The molecular formula is C8H11N3O3. The van der Waals surface area contributed by atoms with Gasteiger partial charge in [0, 0.05) is 20.8 Å². The second kappa shape index (κ2) is 3.49. The minimum absolute atomic E-state index is 0.333. The Kier molecular flexibility index (Phi) is 2.55. The monoisotopic (exact) mass is 197 g/mol. The van der Waals surface area contributed by atoms with Gasteiger partial charge in [-0.05, 0) is 0 Å². The Labute approximate surface area is 81.3 Å². The number of carbonyl (C=O) groups is 3. The van der Waals surface area contributed by atoms with Gasteiger partial charge in [-0.3, -0.25) is 14.4 Å². The predicted molar refractivity (Wildman–Crippen MR) is 46.7 cm³/mol. The van der Waals surface area contributed by atoms with Crippen molar-refractivity contribution >= 4 is 17.7 Å². The molecule has 0 aromatic heterocycles. The molecular weight excluding hydrogens is 186 g/mol. The standard InChI is InChI=1S/C8H11N3O3/c1-6(12)9-4-5-10(7(2)13)11(9)8(3)14/h4-5H,1-3H3. The van der Waals surface area contributed by atoms with E-state index in [1.165, 1.54) is 33.2 Å². The maximum Gasteiger partial charge on any atom is 0.258 e. The molecule has 0 bridgehead atoms. The van der Waals surface area contributed by atoms with Crippen LogP contribution in [0.5, 0.6) is 0 Å². The lowest BCUT2D eigenvalue weighted by atomic mass is 10.6. The van der Waals surface area contributed by atoms with Crippen molar-refractivity contribution in [2.24, 2.45) is 0 Å². The molecule has 1 heterocycles. The summed E-state index contributed by atoms with van der Waals surface area (Å²) in [6.07, 6.45) is 2.73. The quantitative estimate of drug-likeness (QED) is 0.542. The van der Waals surface area contributed by atoms with Gasteiger partial charge in [-0.25, -0.2) is 10.0 Å². The molecule has 0 unspecified atom stereocenters. The van der Waals surface area contributed by atoms with Gasteiger partial charge in [0.05, 0.1) is 12.4 Å². The first-order valence-corrected chi connectivity index (χ1v) is 4.03. The summed E-state index contributed by atoms with van der Waals surface area (Å²) in [4.78, 5) is 33.3. The molecule has 14 heavy (non-hydrogen) atoms. The lowest BCUT2D eigenvalue weighted by Gasteiger charge is -2.30. The van der Waals surface area contributed by atoms with Crippen LogP contribution in [0.3, 0.4) is 0 Å². The van der Waals surface area contributed by atoms with E-state index in [9.17, 15) is 14.4 Å². The van der Waals surface area contributed by atoms with Gasteiger partial charge in [0.25, 0.3) is 5.91 Å². The van der Waals surface area contributed by atoms with Crippen LogP contribution in [-0.2, 0) is 14.4 Å². The Bertz CT molecular complexity index is 300. The first-order valence-electron chi connectivity index (χ1n) is 4.03. The highest BCUT2D eigenvalue weighted by molar-refractivity contribution is 5.84. The maximum atomic E-state index is 11.2. The van der Waals surface area contributed by atoms with E-state index in [2.05, 4.69) is 0 Å². The Morgan fingerprint density at radius 2 is 1.14 bits per heavy atom. The number of hydrogen-bond donors (Lipinski definition) is 0. The molecule has 0 aliphatic carbocycles. The molecule has 0 radical (unpaired) electrons. The Balaban J connectivity index is 2.96. The lowest BCUT2D eigenvalue weighted by Crippen LogP contribution is -2.50. The summed E-state index contributed by atoms with van der Waals surface area (Å²) >= 11 is 0. The summed E-state index contributed by atoms with van der Waals surface area (Å²) < 4.78 is 0. The van der Waals surface area contributed by atoms with Gasteiger partial charge in [-0.15, -0.1) is 5.12 Å². The zero-order valence-corrected chi connectivity index (χ0v) is 8.22. The van der Waals surface area contributed by atoms with E-state index < -0.39 is 5.91 Å². The molecule has 1 aliphatic rings. The largest absolute Gasteiger partial charge is 0.273 e. The molecule has 3 amide bonds. The van der Waals surface area contributed by atoms with Gasteiger partial charge >= 0.3 is 0 Å². The molecule has 0 N–H and O–H groups in total. The van der Waals surface area contributed by atoms with Crippen molar-refractivity contribution in [1.29, 1.82) is 0 Å². The fraction of sp³-hybridized carbons (Fsp3) is 0.375.